The molecule has 2 aliphatic rings. The lowest BCUT2D eigenvalue weighted by atomic mass is 10.2. The Kier molecular flexibility index (Phi) is 7.19. The van der Waals surface area contributed by atoms with E-state index in [-0.39, 0.29) is 30.7 Å². The molecule has 9 nitrogen and oxygen atoms in total. The van der Waals surface area contributed by atoms with Crippen LogP contribution in [-0.4, -0.2) is 73.3 Å². The number of nitrogens with zero attached hydrogens (tertiary/aromatic N) is 3. The maximum absolute atomic E-state index is 15.0. The molecule has 4 rings (SSSR count). The van der Waals surface area contributed by atoms with Gasteiger partial charge < -0.3 is 25.0 Å². The first-order chi connectivity index (χ1) is 16.8. The van der Waals surface area contributed by atoms with Gasteiger partial charge in [-0.25, -0.2) is 9.18 Å². The number of carbonyl (C=O) groups is 3. The Morgan fingerprint density at radius 3 is 2.63 bits per heavy atom. The molecule has 0 saturated carbocycles. The summed E-state index contributed by atoms with van der Waals surface area (Å²) in [7, 11) is 0. The number of halogens is 1. The quantitative estimate of drug-likeness (QED) is 0.613. The van der Waals surface area contributed by atoms with Crippen LogP contribution in [0, 0.1) is 5.82 Å². The summed E-state index contributed by atoms with van der Waals surface area (Å²) in [6.07, 6.45) is 2.03. The van der Waals surface area contributed by atoms with Gasteiger partial charge in [-0.15, -0.1) is 0 Å². The van der Waals surface area contributed by atoms with E-state index < -0.39 is 18.0 Å². The van der Waals surface area contributed by atoms with Crippen molar-refractivity contribution in [2.75, 3.05) is 49.1 Å². The maximum atomic E-state index is 15.0. The number of nitrogens with one attached hydrogen (secondary N) is 1. The predicted molar refractivity (Wildman–Crippen MR) is 129 cm³/mol. The highest BCUT2D eigenvalue weighted by Crippen LogP contribution is 2.28. The highest BCUT2D eigenvalue weighted by molar-refractivity contribution is 5.92. The summed E-state index contributed by atoms with van der Waals surface area (Å²) in [5, 5.41) is 12.1. The monoisotopic (exact) mass is 482 g/mol. The van der Waals surface area contributed by atoms with Crippen molar-refractivity contribution >= 4 is 35.4 Å². The Morgan fingerprint density at radius 2 is 1.94 bits per heavy atom. The first-order valence-electron chi connectivity index (χ1n) is 11.3. The molecule has 2 fully saturated rings. The lowest BCUT2D eigenvalue weighted by molar-refractivity contribution is -0.126. The number of hydrogen-bond acceptors (Lipinski definition) is 6. The molecule has 3 amide bonds. The molecule has 0 unspecified atom stereocenters. The van der Waals surface area contributed by atoms with Crippen molar-refractivity contribution in [2.24, 2.45) is 0 Å². The van der Waals surface area contributed by atoms with Crippen molar-refractivity contribution in [3.05, 3.63) is 59.9 Å². The van der Waals surface area contributed by atoms with Gasteiger partial charge in [0.2, 0.25) is 11.8 Å². The number of cyclic esters (lactones) is 1. The van der Waals surface area contributed by atoms with E-state index >= 15 is 0 Å². The van der Waals surface area contributed by atoms with Gasteiger partial charge >= 0.3 is 6.09 Å². The fraction of sp³-hybridized carbons (Fsp3) is 0.320. The molecule has 184 valence electrons. The largest absolute Gasteiger partial charge is 0.508 e. The van der Waals surface area contributed by atoms with Gasteiger partial charge in [0, 0.05) is 39.2 Å². The topological polar surface area (TPSA) is 102 Å². The average molecular weight is 483 g/mol. The number of carbonyl (C=O) groups excluding carboxylic acids is 3. The van der Waals surface area contributed by atoms with Crippen LogP contribution >= 0.6 is 0 Å². The Morgan fingerprint density at radius 1 is 1.17 bits per heavy atom. The van der Waals surface area contributed by atoms with E-state index in [0.717, 1.165) is 5.56 Å². The number of phenolic OH excluding ortho intramolecular Hbond substituents is 1. The van der Waals surface area contributed by atoms with Crippen LogP contribution in [-0.2, 0) is 14.3 Å². The molecule has 2 aliphatic heterocycles. The van der Waals surface area contributed by atoms with Crippen molar-refractivity contribution in [3.8, 4) is 5.75 Å². The summed E-state index contributed by atoms with van der Waals surface area (Å²) in [5.74, 6) is -0.703. The molecular weight excluding hydrogens is 455 g/mol. The number of aromatic hydroxyl groups is 1. The molecule has 35 heavy (non-hydrogen) atoms. The Labute approximate surface area is 202 Å². The third-order valence-electron chi connectivity index (χ3n) is 5.92. The van der Waals surface area contributed by atoms with Crippen LogP contribution in [0.3, 0.4) is 0 Å². The standard InChI is InChI=1S/C25H27FN4O5/c1-17(31)27-15-21-16-30(25(34)35-21)19-6-7-23(22(26)14-19)28-9-11-29(12-10-28)24(33)8-5-18-3-2-4-20(32)13-18/h2-8,13-14,21,32H,9-12,15-16H2,1H3,(H,27,31)/b8-5+/t21-/m0/s1. The van der Waals surface area contributed by atoms with Crippen LogP contribution in [0.25, 0.3) is 6.08 Å². The molecule has 2 heterocycles. The Bertz CT molecular complexity index is 1150. The molecule has 0 bridgehead atoms. The summed E-state index contributed by atoms with van der Waals surface area (Å²) in [5.41, 5.74) is 1.51. The molecule has 0 aliphatic carbocycles. The number of ether oxygens (including phenoxy) is 1. The lowest BCUT2D eigenvalue weighted by Gasteiger charge is -2.36. The van der Waals surface area contributed by atoms with Gasteiger partial charge in [-0.2, -0.15) is 0 Å². The van der Waals surface area contributed by atoms with Crippen molar-refractivity contribution in [2.45, 2.75) is 13.0 Å². The maximum Gasteiger partial charge on any atom is 0.414 e. The summed E-state index contributed by atoms with van der Waals surface area (Å²) in [6.45, 7) is 3.60. The second-order valence-electron chi connectivity index (χ2n) is 8.43. The van der Waals surface area contributed by atoms with E-state index in [1.54, 1.807) is 47.4 Å². The number of piperazine rings is 1. The van der Waals surface area contributed by atoms with E-state index in [2.05, 4.69) is 5.32 Å². The average Bonchev–Trinajstić information content (AvgIpc) is 3.22. The van der Waals surface area contributed by atoms with Gasteiger partial charge in [-0.05, 0) is 42.0 Å². The van der Waals surface area contributed by atoms with Gasteiger partial charge in [0.25, 0.3) is 0 Å². The van der Waals surface area contributed by atoms with Crippen LogP contribution < -0.4 is 15.1 Å². The van der Waals surface area contributed by atoms with E-state index in [1.807, 2.05) is 4.90 Å². The highest BCUT2D eigenvalue weighted by atomic mass is 19.1. The molecule has 2 aromatic carbocycles. The highest BCUT2D eigenvalue weighted by Gasteiger charge is 2.33. The number of amides is 3. The number of phenols is 1. The van der Waals surface area contributed by atoms with Crippen LogP contribution in [0.15, 0.2) is 48.5 Å². The summed E-state index contributed by atoms with van der Waals surface area (Å²) in [6, 6.07) is 11.2. The van der Waals surface area contributed by atoms with Crippen LogP contribution in [0.1, 0.15) is 12.5 Å². The number of rotatable bonds is 6. The zero-order chi connectivity index (χ0) is 24.9. The van der Waals surface area contributed by atoms with Crippen LogP contribution in [0.5, 0.6) is 5.75 Å². The van der Waals surface area contributed by atoms with Crippen molar-refractivity contribution in [1.29, 1.82) is 0 Å². The number of hydrogen-bond donors (Lipinski definition) is 2. The zero-order valence-corrected chi connectivity index (χ0v) is 19.3. The van der Waals surface area contributed by atoms with Gasteiger partial charge in [0.1, 0.15) is 17.7 Å². The zero-order valence-electron chi connectivity index (χ0n) is 19.3. The molecule has 0 aromatic heterocycles. The van der Waals surface area contributed by atoms with Gasteiger partial charge in [-0.3, -0.25) is 14.5 Å². The first kappa shape index (κ1) is 24.1. The van der Waals surface area contributed by atoms with Gasteiger partial charge in [0.05, 0.1) is 24.5 Å². The van der Waals surface area contributed by atoms with E-state index in [9.17, 15) is 23.9 Å². The second kappa shape index (κ2) is 10.5. The summed E-state index contributed by atoms with van der Waals surface area (Å²) in [4.78, 5) is 40.7. The first-order valence-corrected chi connectivity index (χ1v) is 11.3. The molecule has 1 atom stereocenters. The second-order valence-corrected chi connectivity index (χ2v) is 8.43. The summed E-state index contributed by atoms with van der Waals surface area (Å²) < 4.78 is 20.2. The number of anilines is 2. The lowest BCUT2D eigenvalue weighted by Crippen LogP contribution is -2.48. The molecule has 0 radical (unpaired) electrons. The Hall–Kier alpha value is -4.08. The minimum atomic E-state index is -0.585. The molecule has 0 spiro atoms. The minimum Gasteiger partial charge on any atom is -0.508 e. The van der Waals surface area contributed by atoms with Crippen molar-refractivity contribution in [3.63, 3.8) is 0 Å². The third-order valence-corrected chi connectivity index (χ3v) is 5.92. The van der Waals surface area contributed by atoms with Gasteiger partial charge in [0.15, 0.2) is 0 Å². The number of benzene rings is 2. The predicted octanol–water partition coefficient (Wildman–Crippen LogP) is 2.35. The van der Waals surface area contributed by atoms with Gasteiger partial charge in [-0.1, -0.05) is 12.1 Å². The molecule has 2 saturated heterocycles. The van der Waals surface area contributed by atoms with E-state index in [1.165, 1.54) is 24.0 Å². The molecule has 2 N–H and O–H groups in total. The smallest absolute Gasteiger partial charge is 0.414 e. The van der Waals surface area contributed by atoms with Crippen molar-refractivity contribution < 1.29 is 28.6 Å². The van der Waals surface area contributed by atoms with E-state index in [4.69, 9.17) is 4.74 Å². The molecular formula is C25H27FN4O5. The van der Waals surface area contributed by atoms with Crippen LogP contribution in [0.4, 0.5) is 20.6 Å². The minimum absolute atomic E-state index is 0.132. The van der Waals surface area contributed by atoms with Crippen LogP contribution in [0.2, 0.25) is 0 Å². The Balaban J connectivity index is 1.33. The fourth-order valence-electron chi connectivity index (χ4n) is 4.09. The molecule has 10 heteroatoms. The summed E-state index contributed by atoms with van der Waals surface area (Å²) >= 11 is 0. The SMILES string of the molecule is CC(=O)NC[C@H]1CN(c2ccc(N3CCN(C(=O)/C=C/c4cccc(O)c4)CC3)c(F)c2)C(=O)O1. The third kappa shape index (κ3) is 5.89. The fourth-order valence-corrected chi connectivity index (χ4v) is 4.09. The molecule has 2 aromatic rings. The normalized spacial score (nSPS) is 18.2. The van der Waals surface area contributed by atoms with E-state index in [0.29, 0.717) is 37.6 Å². The van der Waals surface area contributed by atoms with Crippen molar-refractivity contribution in [1.82, 2.24) is 10.2 Å².